The Kier molecular flexibility index (Phi) is 10.6. The number of nitrogens with one attached hydrogen (secondary N) is 1. The van der Waals surface area contributed by atoms with Crippen LogP contribution in [-0.2, 0) is 17.8 Å². The number of unbranched alkanes of at least 4 members (excludes halogenated alkanes) is 6. The molecule has 24 heavy (non-hydrogen) atoms. The SMILES string of the molecule is C=CCCCCCCCCC(=O)NCCc1ccc(O)c(CO)c1. The van der Waals surface area contributed by atoms with Gasteiger partial charge in [0.25, 0.3) is 0 Å². The Labute approximate surface area is 145 Å². The number of hydrogen-bond donors (Lipinski definition) is 3. The number of carbonyl (C=O) groups excluding carboxylic acids is 1. The minimum atomic E-state index is -0.181. The number of benzene rings is 1. The summed E-state index contributed by atoms with van der Waals surface area (Å²) in [6.45, 7) is 4.12. The van der Waals surface area contributed by atoms with E-state index >= 15 is 0 Å². The standard InChI is InChI=1S/C20H31NO3/c1-2-3-4-5-6-7-8-9-10-20(24)21-14-13-17-11-12-19(23)18(15-17)16-22/h2,11-12,15,22-23H,1,3-10,13-14,16H2,(H,21,24). The first-order valence-electron chi connectivity index (χ1n) is 8.96. The summed E-state index contributed by atoms with van der Waals surface area (Å²) in [6, 6.07) is 5.17. The molecule has 0 unspecified atom stereocenters. The fourth-order valence-electron chi connectivity index (χ4n) is 2.64. The van der Waals surface area contributed by atoms with E-state index in [1.807, 2.05) is 12.1 Å². The number of carbonyl (C=O) groups is 1. The summed E-state index contributed by atoms with van der Waals surface area (Å²) in [4.78, 5) is 11.8. The van der Waals surface area contributed by atoms with E-state index in [9.17, 15) is 9.90 Å². The van der Waals surface area contributed by atoms with Crippen LogP contribution in [0.25, 0.3) is 0 Å². The van der Waals surface area contributed by atoms with Crippen LogP contribution in [0.15, 0.2) is 30.9 Å². The van der Waals surface area contributed by atoms with Crippen LogP contribution >= 0.6 is 0 Å². The minimum absolute atomic E-state index is 0.0998. The number of aromatic hydroxyl groups is 1. The summed E-state index contributed by atoms with van der Waals surface area (Å²) in [7, 11) is 0. The van der Waals surface area contributed by atoms with Gasteiger partial charge in [0.15, 0.2) is 0 Å². The number of amides is 1. The second-order valence-corrected chi connectivity index (χ2v) is 6.17. The molecule has 0 aliphatic carbocycles. The molecule has 0 atom stereocenters. The molecule has 3 N–H and O–H groups in total. The van der Waals surface area contributed by atoms with E-state index in [1.165, 1.54) is 25.7 Å². The molecule has 1 rings (SSSR count). The Hall–Kier alpha value is -1.81. The first-order chi connectivity index (χ1) is 11.7. The smallest absolute Gasteiger partial charge is 0.220 e. The maximum Gasteiger partial charge on any atom is 0.220 e. The third-order valence-electron chi connectivity index (χ3n) is 4.11. The Morgan fingerprint density at radius 3 is 2.54 bits per heavy atom. The number of phenols is 1. The van der Waals surface area contributed by atoms with Crippen molar-refractivity contribution < 1.29 is 15.0 Å². The van der Waals surface area contributed by atoms with Crippen LogP contribution < -0.4 is 5.32 Å². The molecule has 4 heteroatoms. The lowest BCUT2D eigenvalue weighted by molar-refractivity contribution is -0.121. The zero-order valence-electron chi connectivity index (χ0n) is 14.6. The summed E-state index contributed by atoms with van der Waals surface area (Å²) >= 11 is 0. The summed E-state index contributed by atoms with van der Waals surface area (Å²) in [6.07, 6.45) is 11.3. The summed E-state index contributed by atoms with van der Waals surface area (Å²) in [5.74, 6) is 0.206. The van der Waals surface area contributed by atoms with Crippen LogP contribution in [0.2, 0.25) is 0 Å². The van der Waals surface area contributed by atoms with Gasteiger partial charge in [-0.3, -0.25) is 4.79 Å². The Morgan fingerprint density at radius 1 is 1.12 bits per heavy atom. The Balaban J connectivity index is 2.06. The van der Waals surface area contributed by atoms with Crippen LogP contribution in [0.4, 0.5) is 0 Å². The number of hydrogen-bond acceptors (Lipinski definition) is 3. The van der Waals surface area contributed by atoms with Crippen LogP contribution in [-0.4, -0.2) is 22.7 Å². The van der Waals surface area contributed by atoms with E-state index in [0.29, 0.717) is 24.9 Å². The van der Waals surface area contributed by atoms with Gasteiger partial charge in [0.05, 0.1) is 6.61 Å². The van der Waals surface area contributed by atoms with Crippen molar-refractivity contribution in [1.29, 1.82) is 0 Å². The Bertz CT molecular complexity index is 500. The number of rotatable bonds is 13. The fourth-order valence-corrected chi connectivity index (χ4v) is 2.64. The van der Waals surface area contributed by atoms with Gasteiger partial charge in [0, 0.05) is 18.5 Å². The largest absolute Gasteiger partial charge is 0.508 e. The molecular formula is C20H31NO3. The zero-order chi connectivity index (χ0) is 17.6. The van der Waals surface area contributed by atoms with Crippen molar-refractivity contribution in [2.45, 2.75) is 64.4 Å². The van der Waals surface area contributed by atoms with Crippen molar-refractivity contribution in [3.63, 3.8) is 0 Å². The van der Waals surface area contributed by atoms with Gasteiger partial charge >= 0.3 is 0 Å². The van der Waals surface area contributed by atoms with Crippen molar-refractivity contribution >= 4 is 5.91 Å². The normalized spacial score (nSPS) is 10.5. The monoisotopic (exact) mass is 333 g/mol. The van der Waals surface area contributed by atoms with E-state index in [-0.39, 0.29) is 18.3 Å². The summed E-state index contributed by atoms with van der Waals surface area (Å²) in [5.41, 5.74) is 1.52. The number of aliphatic hydroxyl groups is 1. The quantitative estimate of drug-likeness (QED) is 0.379. The maximum atomic E-state index is 11.8. The highest BCUT2D eigenvalue weighted by Crippen LogP contribution is 2.18. The molecule has 0 saturated carbocycles. The highest BCUT2D eigenvalue weighted by molar-refractivity contribution is 5.75. The predicted octanol–water partition coefficient (Wildman–Crippen LogP) is 3.85. The maximum absolute atomic E-state index is 11.8. The molecular weight excluding hydrogens is 302 g/mol. The van der Waals surface area contributed by atoms with E-state index < -0.39 is 0 Å². The van der Waals surface area contributed by atoms with Crippen LogP contribution in [0.5, 0.6) is 5.75 Å². The van der Waals surface area contributed by atoms with Gasteiger partial charge in [-0.2, -0.15) is 0 Å². The third-order valence-corrected chi connectivity index (χ3v) is 4.11. The average molecular weight is 333 g/mol. The topological polar surface area (TPSA) is 69.6 Å². The second-order valence-electron chi connectivity index (χ2n) is 6.17. The predicted molar refractivity (Wildman–Crippen MR) is 97.9 cm³/mol. The van der Waals surface area contributed by atoms with E-state index in [0.717, 1.165) is 24.8 Å². The molecule has 0 heterocycles. The van der Waals surface area contributed by atoms with Crippen molar-refractivity contribution in [2.24, 2.45) is 0 Å². The first-order valence-corrected chi connectivity index (χ1v) is 8.96. The van der Waals surface area contributed by atoms with Gasteiger partial charge in [-0.15, -0.1) is 6.58 Å². The van der Waals surface area contributed by atoms with Gasteiger partial charge in [-0.1, -0.05) is 37.8 Å². The first kappa shape index (κ1) is 20.2. The van der Waals surface area contributed by atoms with Crippen LogP contribution in [0.1, 0.15) is 62.5 Å². The average Bonchev–Trinajstić information content (AvgIpc) is 2.58. The third kappa shape index (κ3) is 8.73. The molecule has 0 aliphatic heterocycles. The van der Waals surface area contributed by atoms with Crippen molar-refractivity contribution in [1.82, 2.24) is 5.32 Å². The van der Waals surface area contributed by atoms with Crippen LogP contribution in [0, 0.1) is 0 Å². The fraction of sp³-hybridized carbons (Fsp3) is 0.550. The Morgan fingerprint density at radius 2 is 1.83 bits per heavy atom. The lowest BCUT2D eigenvalue weighted by atomic mass is 10.1. The summed E-state index contributed by atoms with van der Waals surface area (Å²) in [5, 5.41) is 21.6. The molecule has 134 valence electrons. The molecule has 1 aromatic rings. The van der Waals surface area contributed by atoms with Crippen molar-refractivity contribution in [3.05, 3.63) is 42.0 Å². The second kappa shape index (κ2) is 12.6. The number of allylic oxidation sites excluding steroid dienone is 1. The molecule has 0 saturated heterocycles. The van der Waals surface area contributed by atoms with Crippen LogP contribution in [0.3, 0.4) is 0 Å². The van der Waals surface area contributed by atoms with Crippen molar-refractivity contribution in [2.75, 3.05) is 6.54 Å². The molecule has 0 spiro atoms. The molecule has 0 radical (unpaired) electrons. The van der Waals surface area contributed by atoms with E-state index in [1.54, 1.807) is 12.1 Å². The molecule has 0 aromatic heterocycles. The lowest BCUT2D eigenvalue weighted by Gasteiger charge is -2.07. The van der Waals surface area contributed by atoms with Gasteiger partial charge in [0.2, 0.25) is 5.91 Å². The molecule has 1 aromatic carbocycles. The molecule has 1 amide bonds. The van der Waals surface area contributed by atoms with E-state index in [2.05, 4.69) is 11.9 Å². The zero-order valence-corrected chi connectivity index (χ0v) is 14.6. The van der Waals surface area contributed by atoms with Gasteiger partial charge in [-0.05, 0) is 43.4 Å². The van der Waals surface area contributed by atoms with Gasteiger partial charge in [-0.25, -0.2) is 0 Å². The molecule has 0 fully saturated rings. The van der Waals surface area contributed by atoms with Crippen molar-refractivity contribution in [3.8, 4) is 5.75 Å². The number of aliphatic hydroxyl groups excluding tert-OH is 1. The molecule has 0 bridgehead atoms. The lowest BCUT2D eigenvalue weighted by Crippen LogP contribution is -2.25. The highest BCUT2D eigenvalue weighted by atomic mass is 16.3. The van der Waals surface area contributed by atoms with Gasteiger partial charge in [0.1, 0.15) is 5.75 Å². The minimum Gasteiger partial charge on any atom is -0.508 e. The highest BCUT2D eigenvalue weighted by Gasteiger charge is 2.04. The van der Waals surface area contributed by atoms with Gasteiger partial charge < -0.3 is 15.5 Å². The molecule has 0 aliphatic rings. The summed E-state index contributed by atoms with van der Waals surface area (Å²) < 4.78 is 0. The van der Waals surface area contributed by atoms with E-state index in [4.69, 9.17) is 5.11 Å². The molecule has 4 nitrogen and oxygen atoms in total.